The first-order valence-electron chi connectivity index (χ1n) is 10.1. The van der Waals surface area contributed by atoms with Crippen molar-refractivity contribution >= 4 is 17.5 Å². The molecular weight excluding hydrogens is 373 g/mol. The number of furan rings is 1. The maximum absolute atomic E-state index is 13.8. The first-order chi connectivity index (χ1) is 14.0. The molecule has 152 valence electrons. The highest BCUT2D eigenvalue weighted by molar-refractivity contribution is 6.07. The molecule has 2 amide bonds. The summed E-state index contributed by atoms with van der Waals surface area (Å²) in [5.41, 5.74) is 4.54. The minimum absolute atomic E-state index is 0.0616. The molecule has 0 unspecified atom stereocenters. The van der Waals surface area contributed by atoms with E-state index >= 15 is 0 Å². The third-order valence-electron chi connectivity index (χ3n) is 5.63. The second-order valence-electron chi connectivity index (χ2n) is 7.64. The molecule has 1 aromatic carbocycles. The first kappa shape index (κ1) is 19.4. The van der Waals surface area contributed by atoms with Gasteiger partial charge in [0.2, 0.25) is 0 Å². The summed E-state index contributed by atoms with van der Waals surface area (Å²) >= 11 is 0. The van der Waals surface area contributed by atoms with Crippen LogP contribution in [0.25, 0.3) is 0 Å². The van der Waals surface area contributed by atoms with E-state index in [1.54, 1.807) is 6.07 Å². The van der Waals surface area contributed by atoms with Crippen LogP contribution >= 0.6 is 0 Å². The Bertz CT molecular complexity index is 974. The summed E-state index contributed by atoms with van der Waals surface area (Å²) in [6.07, 6.45) is 6.44. The largest absolute Gasteiger partial charge is 0.455 e. The van der Waals surface area contributed by atoms with Gasteiger partial charge in [0.25, 0.3) is 11.8 Å². The number of hydrogen-bond donors (Lipinski definition) is 2. The molecule has 2 aliphatic carbocycles. The van der Waals surface area contributed by atoms with Crippen molar-refractivity contribution in [3.63, 3.8) is 0 Å². The monoisotopic (exact) mass is 397 g/mol. The lowest BCUT2D eigenvalue weighted by atomic mass is 9.93. The second-order valence-corrected chi connectivity index (χ2v) is 7.64. The number of nitrogens with one attached hydrogen (secondary N) is 2. The summed E-state index contributed by atoms with van der Waals surface area (Å²) in [7, 11) is 0. The number of halogens is 1. The Morgan fingerprint density at radius 2 is 1.86 bits per heavy atom. The van der Waals surface area contributed by atoms with Gasteiger partial charge >= 0.3 is 0 Å². The van der Waals surface area contributed by atoms with E-state index in [2.05, 4.69) is 15.8 Å². The van der Waals surface area contributed by atoms with Gasteiger partial charge in [-0.25, -0.2) is 9.82 Å². The fourth-order valence-corrected chi connectivity index (χ4v) is 4.14. The molecular formula is C22H24FN3O3. The summed E-state index contributed by atoms with van der Waals surface area (Å²) in [6.45, 7) is 1.84. The first-order valence-corrected chi connectivity index (χ1v) is 10.1. The van der Waals surface area contributed by atoms with Gasteiger partial charge in [-0.3, -0.25) is 9.59 Å². The van der Waals surface area contributed by atoms with Crippen molar-refractivity contribution in [2.75, 3.05) is 0 Å². The zero-order valence-electron chi connectivity index (χ0n) is 16.4. The molecule has 2 aliphatic rings. The quantitative estimate of drug-likeness (QED) is 0.768. The fraction of sp³-hybridized carbons (Fsp3) is 0.409. The number of rotatable bonds is 4. The molecule has 1 fully saturated rings. The topological polar surface area (TPSA) is 83.7 Å². The van der Waals surface area contributed by atoms with E-state index < -0.39 is 11.7 Å². The molecule has 0 radical (unpaired) electrons. The van der Waals surface area contributed by atoms with Crippen LogP contribution in [0.5, 0.6) is 0 Å². The van der Waals surface area contributed by atoms with E-state index in [9.17, 15) is 14.0 Å². The average Bonchev–Trinajstić information content (AvgIpc) is 3.34. The van der Waals surface area contributed by atoms with Gasteiger partial charge in [-0.05, 0) is 44.7 Å². The number of hydrazone groups is 1. The molecule has 0 saturated heterocycles. The van der Waals surface area contributed by atoms with Crippen LogP contribution in [0.3, 0.4) is 0 Å². The second kappa shape index (κ2) is 8.19. The van der Waals surface area contributed by atoms with E-state index in [1.807, 2.05) is 6.92 Å². The SMILES string of the molecule is Cc1c(C(=O)NC2CCCC2)oc2c1/C(=N/NC(=O)c1ccccc1F)CCC2. The van der Waals surface area contributed by atoms with Gasteiger partial charge in [0.1, 0.15) is 11.6 Å². The lowest BCUT2D eigenvalue weighted by Gasteiger charge is -2.13. The Morgan fingerprint density at radius 1 is 1.10 bits per heavy atom. The zero-order valence-corrected chi connectivity index (χ0v) is 16.4. The lowest BCUT2D eigenvalue weighted by Crippen LogP contribution is -2.32. The standard InChI is InChI=1S/C22H24FN3O3/c1-13-19-17(25-26-21(27)15-9-4-5-10-16(15)23)11-6-12-18(19)29-20(13)22(28)24-14-7-2-3-8-14/h4-5,9-10,14H,2-3,6-8,11-12H2,1H3,(H,24,28)(H,26,27)/b25-17+. The maximum Gasteiger partial charge on any atom is 0.287 e. The third-order valence-corrected chi connectivity index (χ3v) is 5.63. The van der Waals surface area contributed by atoms with Gasteiger partial charge in [0, 0.05) is 23.6 Å². The van der Waals surface area contributed by atoms with Crippen LogP contribution in [0.1, 0.15) is 76.3 Å². The van der Waals surface area contributed by atoms with Crippen molar-refractivity contribution in [3.05, 3.63) is 58.3 Å². The molecule has 0 aliphatic heterocycles. The van der Waals surface area contributed by atoms with E-state index in [4.69, 9.17) is 4.42 Å². The van der Waals surface area contributed by atoms with Gasteiger partial charge in [-0.1, -0.05) is 25.0 Å². The molecule has 1 aromatic heterocycles. The zero-order chi connectivity index (χ0) is 20.4. The third kappa shape index (κ3) is 3.95. The van der Waals surface area contributed by atoms with Gasteiger partial charge in [-0.15, -0.1) is 0 Å². The number of carbonyl (C=O) groups excluding carboxylic acids is 2. The molecule has 2 N–H and O–H groups in total. The molecule has 7 heteroatoms. The van der Waals surface area contributed by atoms with Crippen LogP contribution in [-0.2, 0) is 6.42 Å². The predicted octanol–water partition coefficient (Wildman–Crippen LogP) is 3.87. The van der Waals surface area contributed by atoms with Crippen molar-refractivity contribution in [1.29, 1.82) is 0 Å². The van der Waals surface area contributed by atoms with Crippen LogP contribution < -0.4 is 10.7 Å². The van der Waals surface area contributed by atoms with E-state index in [0.717, 1.165) is 43.2 Å². The minimum Gasteiger partial charge on any atom is -0.455 e. The Morgan fingerprint density at radius 3 is 2.62 bits per heavy atom. The lowest BCUT2D eigenvalue weighted by molar-refractivity contribution is 0.0905. The van der Waals surface area contributed by atoms with Crippen LogP contribution in [-0.4, -0.2) is 23.6 Å². The van der Waals surface area contributed by atoms with Gasteiger partial charge < -0.3 is 9.73 Å². The van der Waals surface area contributed by atoms with Crippen LogP contribution in [0.15, 0.2) is 33.8 Å². The highest BCUT2D eigenvalue weighted by Crippen LogP contribution is 2.30. The number of fused-ring (bicyclic) bond motifs is 1. The summed E-state index contributed by atoms with van der Waals surface area (Å²) in [5, 5.41) is 7.29. The highest BCUT2D eigenvalue weighted by atomic mass is 19.1. The van der Waals surface area contributed by atoms with Crippen molar-refractivity contribution in [2.45, 2.75) is 57.9 Å². The average molecular weight is 397 g/mol. The summed E-state index contributed by atoms with van der Waals surface area (Å²) in [5.74, 6) is -0.373. The summed E-state index contributed by atoms with van der Waals surface area (Å²) in [6, 6.07) is 5.97. The molecule has 0 spiro atoms. The van der Waals surface area contributed by atoms with E-state index in [1.165, 1.54) is 18.2 Å². The van der Waals surface area contributed by atoms with E-state index in [0.29, 0.717) is 30.1 Å². The fourth-order valence-electron chi connectivity index (χ4n) is 4.14. The van der Waals surface area contributed by atoms with Crippen LogP contribution in [0.2, 0.25) is 0 Å². The van der Waals surface area contributed by atoms with Crippen molar-refractivity contribution in [3.8, 4) is 0 Å². The normalized spacial score (nSPS) is 17.9. The highest BCUT2D eigenvalue weighted by Gasteiger charge is 2.29. The van der Waals surface area contributed by atoms with Gasteiger partial charge in [-0.2, -0.15) is 5.10 Å². The Hall–Kier alpha value is -2.96. The number of benzene rings is 1. The molecule has 1 heterocycles. The number of aryl methyl sites for hydroxylation is 1. The Balaban J connectivity index is 1.55. The molecule has 1 saturated carbocycles. The number of hydrogen-bond acceptors (Lipinski definition) is 4. The van der Waals surface area contributed by atoms with Gasteiger partial charge in [0.05, 0.1) is 11.3 Å². The predicted molar refractivity (Wildman–Crippen MR) is 107 cm³/mol. The molecule has 0 bridgehead atoms. The Labute approximate surface area is 168 Å². The molecule has 29 heavy (non-hydrogen) atoms. The van der Waals surface area contributed by atoms with Crippen molar-refractivity contribution in [2.24, 2.45) is 5.10 Å². The Kier molecular flexibility index (Phi) is 5.47. The number of nitrogens with zero attached hydrogens (tertiary/aromatic N) is 1. The van der Waals surface area contributed by atoms with Crippen molar-refractivity contribution in [1.82, 2.24) is 10.7 Å². The van der Waals surface area contributed by atoms with Crippen molar-refractivity contribution < 1.29 is 18.4 Å². The number of amides is 2. The molecule has 6 nitrogen and oxygen atoms in total. The minimum atomic E-state index is -0.608. The van der Waals surface area contributed by atoms with E-state index in [-0.39, 0.29) is 17.5 Å². The van der Waals surface area contributed by atoms with Gasteiger partial charge in [0.15, 0.2) is 5.76 Å². The molecule has 4 rings (SSSR count). The summed E-state index contributed by atoms with van der Waals surface area (Å²) in [4.78, 5) is 24.9. The summed E-state index contributed by atoms with van der Waals surface area (Å²) < 4.78 is 19.7. The van der Waals surface area contributed by atoms with Crippen LogP contribution in [0, 0.1) is 12.7 Å². The smallest absolute Gasteiger partial charge is 0.287 e. The van der Waals surface area contributed by atoms with Crippen LogP contribution in [0.4, 0.5) is 4.39 Å². The molecule has 2 aromatic rings. The maximum atomic E-state index is 13.8. The number of carbonyl (C=O) groups is 2. The molecule has 0 atom stereocenters.